The fraction of sp³-hybridized carbons (Fsp3) is 0.500. The summed E-state index contributed by atoms with van der Waals surface area (Å²) >= 11 is 0. The molecule has 2 heteroatoms. The van der Waals surface area contributed by atoms with Gasteiger partial charge in [0.25, 0.3) is 0 Å². The van der Waals surface area contributed by atoms with Gasteiger partial charge < -0.3 is 10.5 Å². The molecule has 14 heavy (non-hydrogen) atoms. The van der Waals surface area contributed by atoms with Gasteiger partial charge in [-0.1, -0.05) is 30.3 Å². The van der Waals surface area contributed by atoms with Gasteiger partial charge in [0.05, 0.1) is 6.54 Å². The van der Waals surface area contributed by atoms with Crippen molar-refractivity contribution >= 4 is 0 Å². The Morgan fingerprint density at radius 2 is 2.00 bits per heavy atom. The van der Waals surface area contributed by atoms with E-state index in [0.29, 0.717) is 5.92 Å². The molecule has 0 fully saturated rings. The van der Waals surface area contributed by atoms with Crippen LogP contribution in [0.25, 0.3) is 0 Å². The quantitative estimate of drug-likeness (QED) is 0.683. The summed E-state index contributed by atoms with van der Waals surface area (Å²) in [5, 5.41) is 0. The zero-order chi connectivity index (χ0) is 10.2. The zero-order valence-electron chi connectivity index (χ0n) is 8.91. The lowest BCUT2D eigenvalue weighted by Crippen LogP contribution is -2.53. The molecule has 1 rings (SSSR count). The first-order chi connectivity index (χ1) is 6.88. The van der Waals surface area contributed by atoms with Crippen LogP contribution in [0.5, 0.6) is 0 Å². The Labute approximate surface area is 86.1 Å². The number of hydrogen-bond acceptors (Lipinski definition) is 1. The summed E-state index contributed by atoms with van der Waals surface area (Å²) in [7, 11) is 0. The van der Waals surface area contributed by atoms with Crippen LogP contribution in [0, 0.1) is 0 Å². The van der Waals surface area contributed by atoms with Crippen molar-refractivity contribution in [3.8, 4) is 0 Å². The van der Waals surface area contributed by atoms with Gasteiger partial charge >= 0.3 is 0 Å². The molecule has 0 heterocycles. The molecule has 0 saturated carbocycles. The smallest absolute Gasteiger partial charge is 0.0810 e. The Morgan fingerprint density at radius 3 is 2.57 bits per heavy atom. The Hall–Kier alpha value is -0.860. The van der Waals surface area contributed by atoms with Gasteiger partial charge in [0, 0.05) is 19.1 Å². The molecule has 1 aromatic rings. The normalized spacial score (nSPS) is 12.7. The second kappa shape index (κ2) is 6.57. The number of ether oxygens (including phenoxy) is 1. The molecule has 2 nitrogen and oxygen atoms in total. The van der Waals surface area contributed by atoms with Crippen molar-refractivity contribution in [1.29, 1.82) is 0 Å². The minimum atomic E-state index is 0.544. The summed E-state index contributed by atoms with van der Waals surface area (Å²) in [4.78, 5) is 0. The number of benzene rings is 1. The maximum atomic E-state index is 5.36. The number of quaternary nitrogens is 1. The molecule has 78 valence electrons. The van der Waals surface area contributed by atoms with Crippen molar-refractivity contribution in [2.45, 2.75) is 19.3 Å². The van der Waals surface area contributed by atoms with Crippen LogP contribution in [-0.2, 0) is 4.74 Å². The molecule has 0 amide bonds. The van der Waals surface area contributed by atoms with Crippen LogP contribution in [0.2, 0.25) is 0 Å². The average Bonchev–Trinajstić information content (AvgIpc) is 2.26. The van der Waals surface area contributed by atoms with Gasteiger partial charge in [0.15, 0.2) is 0 Å². The molecular weight excluding hydrogens is 174 g/mol. The van der Waals surface area contributed by atoms with E-state index in [4.69, 9.17) is 4.74 Å². The first-order valence-electron chi connectivity index (χ1n) is 5.30. The predicted octanol–water partition coefficient (Wildman–Crippen LogP) is 1.44. The largest absolute Gasteiger partial charge is 0.382 e. The number of rotatable bonds is 6. The second-order valence-electron chi connectivity index (χ2n) is 3.38. The third-order valence-electron chi connectivity index (χ3n) is 2.43. The maximum Gasteiger partial charge on any atom is 0.0810 e. The third-order valence-corrected chi connectivity index (χ3v) is 2.43. The molecule has 0 aliphatic rings. The van der Waals surface area contributed by atoms with Crippen LogP contribution in [0.15, 0.2) is 30.3 Å². The minimum absolute atomic E-state index is 0.544. The van der Waals surface area contributed by atoms with Gasteiger partial charge in [-0.3, -0.25) is 0 Å². The first-order valence-corrected chi connectivity index (χ1v) is 5.30. The molecule has 0 aromatic heterocycles. The molecule has 0 bridgehead atoms. The Balaban J connectivity index is 2.46. The fourth-order valence-electron chi connectivity index (χ4n) is 1.57. The molecule has 0 aliphatic carbocycles. The van der Waals surface area contributed by atoms with Crippen LogP contribution < -0.4 is 5.73 Å². The van der Waals surface area contributed by atoms with Gasteiger partial charge in [0.1, 0.15) is 0 Å². The van der Waals surface area contributed by atoms with E-state index in [1.165, 1.54) is 5.56 Å². The summed E-state index contributed by atoms with van der Waals surface area (Å²) in [6.07, 6.45) is 1.07. The van der Waals surface area contributed by atoms with Crippen LogP contribution in [-0.4, -0.2) is 19.8 Å². The standard InChI is InChI=1S/C12H19NO/c1-2-14-9-8-12(10-13)11-6-4-3-5-7-11/h3-7,12H,2,8-10,13H2,1H3/p+1/t12-/m0/s1. The van der Waals surface area contributed by atoms with Crippen molar-refractivity contribution in [3.63, 3.8) is 0 Å². The highest BCUT2D eigenvalue weighted by atomic mass is 16.5. The molecule has 1 aromatic carbocycles. The van der Waals surface area contributed by atoms with E-state index < -0.39 is 0 Å². The molecule has 1 atom stereocenters. The van der Waals surface area contributed by atoms with Gasteiger partial charge in [-0.15, -0.1) is 0 Å². The molecule has 0 aliphatic heterocycles. The minimum Gasteiger partial charge on any atom is -0.382 e. The van der Waals surface area contributed by atoms with Crippen molar-refractivity contribution in [2.24, 2.45) is 0 Å². The summed E-state index contributed by atoms with van der Waals surface area (Å²) < 4.78 is 5.36. The van der Waals surface area contributed by atoms with Crippen LogP contribution >= 0.6 is 0 Å². The molecular formula is C12H20NO+. The first kappa shape index (κ1) is 11.2. The molecule has 0 spiro atoms. The topological polar surface area (TPSA) is 36.9 Å². The highest BCUT2D eigenvalue weighted by Gasteiger charge is 2.10. The van der Waals surface area contributed by atoms with Crippen molar-refractivity contribution < 1.29 is 10.5 Å². The predicted molar refractivity (Wildman–Crippen MR) is 58.0 cm³/mol. The second-order valence-corrected chi connectivity index (χ2v) is 3.38. The number of hydrogen-bond donors (Lipinski definition) is 1. The SMILES string of the molecule is CCOCC[C@@H](C[NH3+])c1ccccc1. The van der Waals surface area contributed by atoms with E-state index in [1.807, 2.05) is 13.0 Å². The zero-order valence-corrected chi connectivity index (χ0v) is 8.91. The highest BCUT2D eigenvalue weighted by molar-refractivity contribution is 5.19. The van der Waals surface area contributed by atoms with E-state index in [0.717, 1.165) is 26.2 Å². The Kier molecular flexibility index (Phi) is 5.27. The summed E-state index contributed by atoms with van der Waals surface area (Å²) in [5.41, 5.74) is 5.36. The van der Waals surface area contributed by atoms with Gasteiger partial charge in [-0.2, -0.15) is 0 Å². The van der Waals surface area contributed by atoms with Crippen molar-refractivity contribution in [3.05, 3.63) is 35.9 Å². The monoisotopic (exact) mass is 194 g/mol. The van der Waals surface area contributed by atoms with Crippen LogP contribution in [0.3, 0.4) is 0 Å². The van der Waals surface area contributed by atoms with E-state index in [9.17, 15) is 0 Å². The van der Waals surface area contributed by atoms with E-state index >= 15 is 0 Å². The summed E-state index contributed by atoms with van der Waals surface area (Å²) in [6.45, 7) is 4.61. The van der Waals surface area contributed by atoms with Gasteiger partial charge in [0.2, 0.25) is 0 Å². The van der Waals surface area contributed by atoms with Gasteiger partial charge in [-0.05, 0) is 18.9 Å². The summed E-state index contributed by atoms with van der Waals surface area (Å²) in [6, 6.07) is 10.5. The van der Waals surface area contributed by atoms with E-state index in [1.54, 1.807) is 0 Å². The van der Waals surface area contributed by atoms with E-state index in [2.05, 4.69) is 30.0 Å². The van der Waals surface area contributed by atoms with Crippen LogP contribution in [0.1, 0.15) is 24.8 Å². The lowest BCUT2D eigenvalue weighted by atomic mass is 9.96. The Bertz CT molecular complexity index is 235. The lowest BCUT2D eigenvalue weighted by Gasteiger charge is -2.12. The van der Waals surface area contributed by atoms with Crippen molar-refractivity contribution in [1.82, 2.24) is 0 Å². The molecule has 3 N–H and O–H groups in total. The third kappa shape index (κ3) is 3.48. The highest BCUT2D eigenvalue weighted by Crippen LogP contribution is 2.17. The molecule has 0 radical (unpaired) electrons. The van der Waals surface area contributed by atoms with Gasteiger partial charge in [-0.25, -0.2) is 0 Å². The van der Waals surface area contributed by atoms with Crippen LogP contribution in [0.4, 0.5) is 0 Å². The Morgan fingerprint density at radius 1 is 1.29 bits per heavy atom. The van der Waals surface area contributed by atoms with Crippen molar-refractivity contribution in [2.75, 3.05) is 19.8 Å². The molecule has 0 unspecified atom stereocenters. The summed E-state index contributed by atoms with van der Waals surface area (Å²) in [5.74, 6) is 0.544. The fourth-order valence-corrected chi connectivity index (χ4v) is 1.57. The average molecular weight is 194 g/mol. The lowest BCUT2D eigenvalue weighted by molar-refractivity contribution is -0.373. The maximum absolute atomic E-state index is 5.36. The van der Waals surface area contributed by atoms with E-state index in [-0.39, 0.29) is 0 Å². The molecule has 0 saturated heterocycles.